The lowest BCUT2D eigenvalue weighted by Crippen LogP contribution is -2.52. The summed E-state index contributed by atoms with van der Waals surface area (Å²) >= 11 is 1.85. The Labute approximate surface area is 192 Å². The van der Waals surface area contributed by atoms with Crippen LogP contribution in [-0.2, 0) is 10.3 Å². The number of nitrogens with one attached hydrogen (secondary N) is 1. The van der Waals surface area contributed by atoms with Crippen molar-refractivity contribution in [3.05, 3.63) is 101 Å². The Balaban J connectivity index is 1.63. The number of ketones is 1. The van der Waals surface area contributed by atoms with Gasteiger partial charge in [-0.2, -0.15) is 0 Å². The average Bonchev–Trinajstić information content (AvgIpc) is 3.48. The number of nitrogens with zero attached hydrogens (tertiary/aromatic N) is 1. The molecule has 3 heterocycles. The molecule has 0 aromatic heterocycles. The second kappa shape index (κ2) is 7.32. The highest BCUT2D eigenvalue weighted by Gasteiger charge is 2.69. The Kier molecular flexibility index (Phi) is 4.52. The third kappa shape index (κ3) is 2.61. The van der Waals surface area contributed by atoms with Gasteiger partial charge in [0.05, 0.1) is 5.92 Å². The van der Waals surface area contributed by atoms with Crippen molar-refractivity contribution >= 4 is 29.1 Å². The summed E-state index contributed by atoms with van der Waals surface area (Å²) in [5, 5.41) is 3.14. The van der Waals surface area contributed by atoms with Crippen LogP contribution >= 0.6 is 11.8 Å². The van der Waals surface area contributed by atoms with Crippen molar-refractivity contribution in [3.8, 4) is 0 Å². The zero-order chi connectivity index (χ0) is 21.9. The molecule has 5 heteroatoms. The zero-order valence-corrected chi connectivity index (χ0v) is 18.6. The van der Waals surface area contributed by atoms with Crippen LogP contribution in [0.25, 0.3) is 0 Å². The molecule has 32 heavy (non-hydrogen) atoms. The lowest BCUT2D eigenvalue weighted by atomic mass is 9.69. The van der Waals surface area contributed by atoms with E-state index in [-0.39, 0.29) is 23.7 Å². The molecule has 1 amide bonds. The van der Waals surface area contributed by atoms with Gasteiger partial charge >= 0.3 is 0 Å². The molecule has 160 valence electrons. The van der Waals surface area contributed by atoms with Gasteiger partial charge in [0.25, 0.3) is 0 Å². The van der Waals surface area contributed by atoms with Crippen LogP contribution in [0.15, 0.2) is 78.9 Å². The minimum atomic E-state index is -0.997. The van der Waals surface area contributed by atoms with E-state index in [2.05, 4.69) is 28.4 Å². The minimum Gasteiger partial charge on any atom is -0.324 e. The number of carbonyl (C=O) groups is 2. The maximum atomic E-state index is 14.2. The first-order valence-electron chi connectivity index (χ1n) is 11.0. The first kappa shape index (κ1) is 19.8. The number of anilines is 1. The Hall–Kier alpha value is -2.89. The Morgan fingerprint density at radius 2 is 1.75 bits per heavy atom. The molecule has 2 saturated heterocycles. The first-order chi connectivity index (χ1) is 15.6. The Morgan fingerprint density at radius 3 is 2.50 bits per heavy atom. The number of amides is 1. The van der Waals surface area contributed by atoms with Gasteiger partial charge in [0.15, 0.2) is 5.78 Å². The monoisotopic (exact) mass is 440 g/mol. The van der Waals surface area contributed by atoms with Crippen LogP contribution in [0.3, 0.4) is 0 Å². The lowest BCUT2D eigenvalue weighted by Gasteiger charge is -2.36. The van der Waals surface area contributed by atoms with E-state index in [1.54, 1.807) is 0 Å². The lowest BCUT2D eigenvalue weighted by molar-refractivity contribution is -0.127. The van der Waals surface area contributed by atoms with E-state index in [4.69, 9.17) is 0 Å². The molecule has 6 rings (SSSR count). The molecule has 0 aliphatic carbocycles. The second-order valence-electron chi connectivity index (χ2n) is 8.95. The van der Waals surface area contributed by atoms with Crippen LogP contribution < -0.4 is 5.32 Å². The van der Waals surface area contributed by atoms with Crippen molar-refractivity contribution < 1.29 is 9.59 Å². The van der Waals surface area contributed by atoms with Gasteiger partial charge in [-0.1, -0.05) is 78.4 Å². The number of benzene rings is 3. The predicted octanol–water partition coefficient (Wildman–Crippen LogP) is 4.81. The molecule has 4 nitrogen and oxygen atoms in total. The van der Waals surface area contributed by atoms with E-state index < -0.39 is 11.5 Å². The summed E-state index contributed by atoms with van der Waals surface area (Å²) < 4.78 is 0. The molecule has 3 aliphatic rings. The fourth-order valence-corrected chi connectivity index (χ4v) is 7.35. The smallest absolute Gasteiger partial charge is 0.250 e. The standard InChI is InChI=1S/C27H24N2O2S/c1-17-12-13-21-20(14-17)27(26(31)28-21)24(25(30)19-10-6-3-7-11-19)23(18-8-4-2-5-9-18)22-15-32-16-29(22)27/h2-14,22-24H,15-16H2,1H3,(H,28,31)/t22-,23-,24-,27+/m0/s1. The Bertz CT molecular complexity index is 1210. The van der Waals surface area contributed by atoms with Gasteiger partial charge in [0.2, 0.25) is 5.91 Å². The summed E-state index contributed by atoms with van der Waals surface area (Å²) in [5.41, 5.74) is 3.67. The van der Waals surface area contributed by atoms with Crippen LogP contribution in [-0.4, -0.2) is 34.3 Å². The molecular weight excluding hydrogens is 416 g/mol. The predicted molar refractivity (Wildman–Crippen MR) is 128 cm³/mol. The van der Waals surface area contributed by atoms with Crippen LogP contribution in [0, 0.1) is 12.8 Å². The number of aryl methyl sites for hydroxylation is 1. The van der Waals surface area contributed by atoms with Gasteiger partial charge in [-0.25, -0.2) is 0 Å². The van der Waals surface area contributed by atoms with Crippen LogP contribution in [0.2, 0.25) is 0 Å². The number of fused-ring (bicyclic) bond motifs is 4. The van der Waals surface area contributed by atoms with E-state index >= 15 is 0 Å². The van der Waals surface area contributed by atoms with E-state index in [1.807, 2.05) is 79.3 Å². The highest BCUT2D eigenvalue weighted by atomic mass is 32.2. The van der Waals surface area contributed by atoms with Gasteiger partial charge in [-0.15, -0.1) is 11.8 Å². The third-order valence-corrected chi connectivity index (χ3v) is 8.34. The molecule has 1 spiro atoms. The molecule has 0 radical (unpaired) electrons. The number of rotatable bonds is 3. The zero-order valence-electron chi connectivity index (χ0n) is 17.8. The normalized spacial score (nSPS) is 28.5. The van der Waals surface area contributed by atoms with Crippen molar-refractivity contribution in [2.45, 2.75) is 24.4 Å². The maximum absolute atomic E-state index is 14.2. The van der Waals surface area contributed by atoms with Gasteiger partial charge in [0.1, 0.15) is 5.54 Å². The number of hydrogen-bond donors (Lipinski definition) is 1. The summed E-state index contributed by atoms with van der Waals surface area (Å²) in [6.45, 7) is 2.05. The van der Waals surface area contributed by atoms with Crippen molar-refractivity contribution in [3.63, 3.8) is 0 Å². The fraction of sp³-hybridized carbons (Fsp3) is 0.259. The average molecular weight is 441 g/mol. The summed E-state index contributed by atoms with van der Waals surface area (Å²) in [6, 6.07) is 26.0. The maximum Gasteiger partial charge on any atom is 0.250 e. The largest absolute Gasteiger partial charge is 0.324 e. The summed E-state index contributed by atoms with van der Waals surface area (Å²) in [7, 11) is 0. The molecule has 4 atom stereocenters. The van der Waals surface area contributed by atoms with Crippen LogP contribution in [0.5, 0.6) is 0 Å². The first-order valence-corrected chi connectivity index (χ1v) is 12.2. The number of Topliss-reactive ketones (excluding diaryl/α,β-unsaturated/α-hetero) is 1. The van der Waals surface area contributed by atoms with Crippen LogP contribution in [0.1, 0.15) is 33.0 Å². The molecule has 2 fully saturated rings. The molecule has 0 saturated carbocycles. The van der Waals surface area contributed by atoms with E-state index in [1.165, 1.54) is 0 Å². The molecule has 3 aliphatic heterocycles. The van der Waals surface area contributed by atoms with Crippen LogP contribution in [0.4, 0.5) is 5.69 Å². The van der Waals surface area contributed by atoms with E-state index in [9.17, 15) is 9.59 Å². The summed E-state index contributed by atoms with van der Waals surface area (Å²) in [4.78, 5) is 30.5. The molecule has 0 unspecified atom stereocenters. The molecule has 3 aromatic carbocycles. The van der Waals surface area contributed by atoms with E-state index in [0.717, 1.165) is 34.0 Å². The van der Waals surface area contributed by atoms with Crippen molar-refractivity contribution in [1.82, 2.24) is 4.90 Å². The molecular formula is C27H24N2O2S. The Morgan fingerprint density at radius 1 is 1.03 bits per heavy atom. The summed E-state index contributed by atoms with van der Waals surface area (Å²) in [6.07, 6.45) is 0. The van der Waals surface area contributed by atoms with E-state index in [0.29, 0.717) is 5.56 Å². The number of carbonyl (C=O) groups excluding carboxylic acids is 2. The number of thioether (sulfide) groups is 1. The fourth-order valence-electron chi connectivity index (χ4n) is 6.02. The SMILES string of the molecule is Cc1ccc2c(c1)[C@]1(C(=O)N2)[C@H](C(=O)c2ccccc2)[C@@H](c2ccccc2)[C@@H]2CSCN21. The van der Waals surface area contributed by atoms with Gasteiger partial charge in [-0.3, -0.25) is 14.5 Å². The van der Waals surface area contributed by atoms with Crippen molar-refractivity contribution in [2.75, 3.05) is 16.9 Å². The molecule has 0 bridgehead atoms. The van der Waals surface area contributed by atoms with Crippen molar-refractivity contribution in [2.24, 2.45) is 5.92 Å². The second-order valence-corrected chi connectivity index (χ2v) is 9.95. The highest BCUT2D eigenvalue weighted by Crippen LogP contribution is 2.61. The minimum absolute atomic E-state index is 0.0448. The quantitative estimate of drug-likeness (QED) is 0.594. The molecule has 1 N–H and O–H groups in total. The molecule has 3 aromatic rings. The topological polar surface area (TPSA) is 49.4 Å². The van der Waals surface area contributed by atoms with Gasteiger partial charge in [0, 0.05) is 40.4 Å². The van der Waals surface area contributed by atoms with Crippen molar-refractivity contribution in [1.29, 1.82) is 0 Å². The third-order valence-electron chi connectivity index (χ3n) is 7.30. The summed E-state index contributed by atoms with van der Waals surface area (Å²) in [5.74, 6) is 1.07. The highest BCUT2D eigenvalue weighted by molar-refractivity contribution is 7.99. The van der Waals surface area contributed by atoms with Gasteiger partial charge < -0.3 is 5.32 Å². The van der Waals surface area contributed by atoms with Gasteiger partial charge in [-0.05, 0) is 18.6 Å². The number of hydrogen-bond acceptors (Lipinski definition) is 4.